The minimum Gasteiger partial charge on any atom is -0.323 e. The van der Waals surface area contributed by atoms with Gasteiger partial charge in [0, 0.05) is 29.8 Å². The number of hydrogen-bond donors (Lipinski definition) is 1. The molecule has 9 heteroatoms. The average Bonchev–Trinajstić information content (AvgIpc) is 3.72. The van der Waals surface area contributed by atoms with E-state index in [4.69, 9.17) is 4.98 Å². The molecule has 8 nitrogen and oxygen atoms in total. The summed E-state index contributed by atoms with van der Waals surface area (Å²) in [5.41, 5.74) is 9.36. The van der Waals surface area contributed by atoms with Gasteiger partial charge in [-0.2, -0.15) is 5.10 Å². The molecule has 0 radical (unpaired) electrons. The Balaban J connectivity index is 1.02. The number of imidazole rings is 1. The quantitative estimate of drug-likeness (QED) is 0.283. The highest BCUT2D eigenvalue weighted by Gasteiger charge is 2.24. The Kier molecular flexibility index (Phi) is 6.22. The van der Waals surface area contributed by atoms with E-state index in [1.807, 2.05) is 41.3 Å². The van der Waals surface area contributed by atoms with Crippen LogP contribution in [0.5, 0.6) is 0 Å². The predicted molar refractivity (Wildman–Crippen MR) is 153 cm³/mol. The summed E-state index contributed by atoms with van der Waals surface area (Å²) in [6.45, 7) is 5.04. The van der Waals surface area contributed by atoms with E-state index in [-0.39, 0.29) is 0 Å². The molecule has 0 aliphatic carbocycles. The van der Waals surface area contributed by atoms with Crippen molar-refractivity contribution in [1.29, 1.82) is 0 Å². The summed E-state index contributed by atoms with van der Waals surface area (Å²) in [6.07, 6.45) is 3.99. The van der Waals surface area contributed by atoms with Crippen LogP contribution in [-0.2, 0) is 6.54 Å². The normalized spacial score (nSPS) is 14.8. The highest BCUT2D eigenvalue weighted by atomic mass is 32.1. The van der Waals surface area contributed by atoms with Gasteiger partial charge in [0.25, 0.3) is 0 Å². The smallest absolute Gasteiger partial charge is 0.213 e. The molecule has 0 atom stereocenters. The first-order valence-corrected chi connectivity index (χ1v) is 14.1. The zero-order valence-corrected chi connectivity index (χ0v) is 22.5. The number of rotatable bonds is 6. The van der Waals surface area contributed by atoms with E-state index in [9.17, 15) is 0 Å². The lowest BCUT2D eigenvalue weighted by molar-refractivity contribution is 0.202. The number of nitrogens with zero attached hydrogens (tertiary/aromatic N) is 7. The molecule has 7 rings (SSSR count). The molecule has 0 bridgehead atoms. The third-order valence-corrected chi connectivity index (χ3v) is 8.13. The number of pyridine rings is 1. The first-order chi connectivity index (χ1) is 19.2. The number of piperidine rings is 1. The van der Waals surface area contributed by atoms with Crippen molar-refractivity contribution in [3.05, 3.63) is 95.4 Å². The van der Waals surface area contributed by atoms with Crippen LogP contribution in [0.25, 0.3) is 39.0 Å². The van der Waals surface area contributed by atoms with Crippen LogP contribution < -0.4 is 0 Å². The van der Waals surface area contributed by atoms with Crippen molar-refractivity contribution in [2.24, 2.45) is 0 Å². The van der Waals surface area contributed by atoms with Gasteiger partial charge in [0.05, 0.1) is 0 Å². The highest BCUT2D eigenvalue weighted by Crippen LogP contribution is 2.34. The Hall–Kier alpha value is -4.21. The number of likely N-dealkylation sites (tertiary alicyclic amines) is 1. The van der Waals surface area contributed by atoms with Crippen molar-refractivity contribution in [2.75, 3.05) is 13.1 Å². The van der Waals surface area contributed by atoms with Gasteiger partial charge in [-0.3, -0.25) is 9.88 Å². The number of aryl methyl sites for hydroxylation is 1. The summed E-state index contributed by atoms with van der Waals surface area (Å²) in [4.78, 5) is 16.2. The minimum absolute atomic E-state index is 0.398. The molecule has 4 aromatic heterocycles. The molecule has 1 N–H and O–H groups in total. The summed E-state index contributed by atoms with van der Waals surface area (Å²) in [7, 11) is 0. The lowest BCUT2D eigenvalue weighted by Crippen LogP contribution is -2.32. The van der Waals surface area contributed by atoms with Crippen molar-refractivity contribution >= 4 is 16.3 Å². The number of fused-ring (bicyclic) bond motifs is 1. The molecule has 5 heterocycles. The zero-order valence-electron chi connectivity index (χ0n) is 21.7. The molecule has 0 amide bonds. The van der Waals surface area contributed by atoms with E-state index in [0.29, 0.717) is 5.92 Å². The highest BCUT2D eigenvalue weighted by molar-refractivity contribution is 7.14. The molecular formula is C30H28N8S. The molecule has 0 unspecified atom stereocenters. The fraction of sp³-hybridized carbons (Fsp3) is 0.233. The molecule has 194 valence electrons. The minimum atomic E-state index is 0.398. The molecule has 39 heavy (non-hydrogen) atoms. The predicted octanol–water partition coefficient (Wildman–Crippen LogP) is 5.99. The van der Waals surface area contributed by atoms with E-state index >= 15 is 0 Å². The Morgan fingerprint density at radius 1 is 0.923 bits per heavy atom. The van der Waals surface area contributed by atoms with E-state index in [2.05, 4.69) is 78.7 Å². The lowest BCUT2D eigenvalue weighted by atomic mass is 9.95. The van der Waals surface area contributed by atoms with Crippen LogP contribution in [0.4, 0.5) is 0 Å². The second-order valence-electron chi connectivity index (χ2n) is 10.1. The third kappa shape index (κ3) is 4.75. The maximum Gasteiger partial charge on any atom is 0.213 e. The fourth-order valence-corrected chi connectivity index (χ4v) is 5.94. The largest absolute Gasteiger partial charge is 0.323 e. The van der Waals surface area contributed by atoms with Crippen molar-refractivity contribution in [3.63, 3.8) is 0 Å². The molecule has 1 saturated heterocycles. The Bertz CT molecular complexity index is 1690. The SMILES string of the molecule is Cc1ccc(-c2nnc(C3CCN(Cc4ccc(-c5nc6scnn6c5-c5ccccc5)cc4)CC3)[nH]2)nc1. The molecule has 6 aromatic rings. The van der Waals surface area contributed by atoms with Gasteiger partial charge in [0.1, 0.15) is 28.4 Å². The van der Waals surface area contributed by atoms with E-state index < -0.39 is 0 Å². The van der Waals surface area contributed by atoms with Gasteiger partial charge in [-0.05, 0) is 50.0 Å². The van der Waals surface area contributed by atoms with Crippen LogP contribution >= 0.6 is 11.3 Å². The standard InChI is InChI=1S/C30H28N8S/c1-20-7-12-25(31-17-20)29-34-28(35-36-29)24-13-15-37(16-14-24)18-21-8-10-22(11-9-21)26-27(23-5-3-2-4-6-23)38-30(33-26)39-19-32-38/h2-12,17,19,24H,13-16,18H2,1H3,(H,34,35,36). The fourth-order valence-electron chi connectivity index (χ4n) is 5.32. The van der Waals surface area contributed by atoms with Crippen molar-refractivity contribution in [1.82, 2.24) is 39.7 Å². The van der Waals surface area contributed by atoms with Gasteiger partial charge in [0.15, 0.2) is 5.82 Å². The number of benzene rings is 2. The van der Waals surface area contributed by atoms with Gasteiger partial charge in [-0.25, -0.2) is 9.50 Å². The van der Waals surface area contributed by atoms with Gasteiger partial charge < -0.3 is 4.98 Å². The van der Waals surface area contributed by atoms with Crippen LogP contribution in [-0.4, -0.2) is 52.8 Å². The number of aromatic nitrogens is 7. The Morgan fingerprint density at radius 2 is 1.74 bits per heavy atom. The zero-order chi connectivity index (χ0) is 26.2. The third-order valence-electron chi connectivity index (χ3n) is 7.46. The maximum atomic E-state index is 4.92. The van der Waals surface area contributed by atoms with E-state index in [1.165, 1.54) is 5.56 Å². The monoisotopic (exact) mass is 532 g/mol. The van der Waals surface area contributed by atoms with Gasteiger partial charge in [-0.1, -0.05) is 72.0 Å². The van der Waals surface area contributed by atoms with Crippen molar-refractivity contribution in [2.45, 2.75) is 32.2 Å². The topological polar surface area (TPSA) is 87.9 Å². The summed E-state index contributed by atoms with van der Waals surface area (Å²) in [6, 6.07) is 23.3. The van der Waals surface area contributed by atoms with Gasteiger partial charge >= 0.3 is 0 Å². The van der Waals surface area contributed by atoms with E-state index in [0.717, 1.165) is 82.9 Å². The molecule has 1 fully saturated rings. The molecular weight excluding hydrogens is 504 g/mol. The van der Waals surface area contributed by atoms with Crippen LogP contribution in [0.1, 0.15) is 35.7 Å². The van der Waals surface area contributed by atoms with Gasteiger partial charge in [0.2, 0.25) is 4.96 Å². The maximum absolute atomic E-state index is 4.92. The summed E-state index contributed by atoms with van der Waals surface area (Å²) in [5, 5.41) is 13.3. The summed E-state index contributed by atoms with van der Waals surface area (Å²) >= 11 is 1.56. The number of hydrogen-bond acceptors (Lipinski definition) is 7. The molecule has 1 aliphatic heterocycles. The molecule has 2 aromatic carbocycles. The second kappa shape index (κ2) is 10.2. The molecule has 0 saturated carbocycles. The first-order valence-electron chi connectivity index (χ1n) is 13.3. The molecule has 0 spiro atoms. The van der Waals surface area contributed by atoms with Crippen molar-refractivity contribution < 1.29 is 0 Å². The number of aromatic amines is 1. The Morgan fingerprint density at radius 3 is 2.51 bits per heavy atom. The average molecular weight is 533 g/mol. The van der Waals surface area contributed by atoms with Crippen LogP contribution in [0, 0.1) is 6.92 Å². The van der Waals surface area contributed by atoms with Crippen molar-refractivity contribution in [3.8, 4) is 34.0 Å². The van der Waals surface area contributed by atoms with E-state index in [1.54, 1.807) is 11.3 Å². The van der Waals surface area contributed by atoms with Gasteiger partial charge in [-0.15, -0.1) is 10.2 Å². The van der Waals surface area contributed by atoms with Crippen LogP contribution in [0.3, 0.4) is 0 Å². The molecule has 1 aliphatic rings. The van der Waals surface area contributed by atoms with Crippen LogP contribution in [0.15, 0.2) is 78.4 Å². The second-order valence-corrected chi connectivity index (χ2v) is 10.9. The number of nitrogens with one attached hydrogen (secondary N) is 1. The lowest BCUT2D eigenvalue weighted by Gasteiger charge is -2.30. The number of H-pyrrole nitrogens is 1. The Labute approximate surface area is 230 Å². The summed E-state index contributed by atoms with van der Waals surface area (Å²) < 4.78 is 1.95. The van der Waals surface area contributed by atoms with Crippen LogP contribution in [0.2, 0.25) is 0 Å². The first kappa shape index (κ1) is 23.9. The summed E-state index contributed by atoms with van der Waals surface area (Å²) in [5.74, 6) is 2.12.